The molecule has 0 spiro atoms. The van der Waals surface area contributed by atoms with E-state index in [2.05, 4.69) is 20.2 Å². The van der Waals surface area contributed by atoms with Crippen LogP contribution in [0.15, 0.2) is 23.5 Å². The fourth-order valence-corrected chi connectivity index (χ4v) is 2.17. The average molecular weight is 274 g/mol. The smallest absolute Gasteiger partial charge is 0.258 e. The van der Waals surface area contributed by atoms with E-state index >= 15 is 0 Å². The van der Waals surface area contributed by atoms with Crippen molar-refractivity contribution in [3.8, 4) is 11.5 Å². The Morgan fingerprint density at radius 2 is 2.11 bits per heavy atom. The van der Waals surface area contributed by atoms with E-state index in [1.54, 1.807) is 0 Å². The first-order valence-corrected chi connectivity index (χ1v) is 6.06. The Kier molecular flexibility index (Phi) is 3.55. The number of rotatable bonds is 3. The lowest BCUT2D eigenvalue weighted by atomic mass is 10.2. The molecule has 18 heavy (non-hydrogen) atoms. The highest BCUT2D eigenvalue weighted by molar-refractivity contribution is 7.99. The number of hydrogen-bond acceptors (Lipinski definition) is 4. The van der Waals surface area contributed by atoms with Gasteiger partial charge >= 0.3 is 6.18 Å². The van der Waals surface area contributed by atoms with Crippen LogP contribution in [0.5, 0.6) is 0 Å². The number of H-pyrrole nitrogens is 1. The van der Waals surface area contributed by atoms with Gasteiger partial charge in [0.05, 0.1) is 5.56 Å². The second kappa shape index (κ2) is 4.97. The van der Waals surface area contributed by atoms with Crippen LogP contribution in [0.1, 0.15) is 12.5 Å². The molecule has 8 heteroatoms. The number of aromatic nitrogens is 4. The molecule has 0 saturated heterocycles. The summed E-state index contributed by atoms with van der Waals surface area (Å²) in [5.74, 6) is 1.00. The van der Waals surface area contributed by atoms with E-state index < -0.39 is 11.7 Å². The van der Waals surface area contributed by atoms with Crippen molar-refractivity contribution in [3.63, 3.8) is 0 Å². The largest absolute Gasteiger partial charge is 0.417 e. The molecular formula is C10H9F3N4S. The molecular weight excluding hydrogens is 265 g/mol. The summed E-state index contributed by atoms with van der Waals surface area (Å²) < 4.78 is 37.8. The van der Waals surface area contributed by atoms with Crippen molar-refractivity contribution < 1.29 is 13.2 Å². The van der Waals surface area contributed by atoms with Crippen molar-refractivity contribution in [2.24, 2.45) is 0 Å². The van der Waals surface area contributed by atoms with E-state index in [9.17, 15) is 13.2 Å². The van der Waals surface area contributed by atoms with Gasteiger partial charge < -0.3 is 0 Å². The second-order valence-corrected chi connectivity index (χ2v) is 4.64. The molecule has 4 nitrogen and oxygen atoms in total. The zero-order valence-electron chi connectivity index (χ0n) is 9.32. The summed E-state index contributed by atoms with van der Waals surface area (Å²) in [7, 11) is 0. The summed E-state index contributed by atoms with van der Waals surface area (Å²) in [6, 6.07) is 1.08. The molecule has 2 aromatic rings. The Hall–Kier alpha value is -1.57. The standard InChI is InChI=1S/C10H9F3N4S/c1-2-18-7-3-6(10(11,12)13)4-14-8(7)9-15-5-16-17-9/h3-5H,2H2,1H3,(H,15,16,17). The Morgan fingerprint density at radius 1 is 1.33 bits per heavy atom. The predicted molar refractivity (Wildman–Crippen MR) is 61.0 cm³/mol. The van der Waals surface area contributed by atoms with Crippen molar-refractivity contribution in [3.05, 3.63) is 24.2 Å². The number of alkyl halides is 3. The molecule has 0 amide bonds. The van der Waals surface area contributed by atoms with Crippen LogP contribution in [-0.4, -0.2) is 25.9 Å². The zero-order valence-corrected chi connectivity index (χ0v) is 10.1. The quantitative estimate of drug-likeness (QED) is 0.874. The highest BCUT2D eigenvalue weighted by atomic mass is 32.2. The molecule has 2 heterocycles. The van der Waals surface area contributed by atoms with E-state index in [-0.39, 0.29) is 0 Å². The molecule has 96 valence electrons. The summed E-state index contributed by atoms with van der Waals surface area (Å²) in [5, 5.41) is 6.26. The molecule has 0 aliphatic carbocycles. The topological polar surface area (TPSA) is 54.5 Å². The van der Waals surface area contributed by atoms with Crippen molar-refractivity contribution >= 4 is 11.8 Å². The number of halogens is 3. The number of aromatic amines is 1. The average Bonchev–Trinajstić information content (AvgIpc) is 2.81. The molecule has 0 saturated carbocycles. The molecule has 0 fully saturated rings. The first-order chi connectivity index (χ1) is 8.52. The first-order valence-electron chi connectivity index (χ1n) is 5.08. The molecule has 0 radical (unpaired) electrons. The van der Waals surface area contributed by atoms with Gasteiger partial charge in [0.2, 0.25) is 0 Å². The number of thioether (sulfide) groups is 1. The van der Waals surface area contributed by atoms with Crippen LogP contribution < -0.4 is 0 Å². The summed E-state index contributed by atoms with van der Waals surface area (Å²) in [5.41, 5.74) is -0.380. The van der Waals surface area contributed by atoms with Gasteiger partial charge in [0.15, 0.2) is 5.82 Å². The lowest BCUT2D eigenvalue weighted by molar-refractivity contribution is -0.138. The second-order valence-electron chi connectivity index (χ2n) is 3.34. The fourth-order valence-electron chi connectivity index (χ4n) is 1.36. The van der Waals surface area contributed by atoms with Crippen molar-refractivity contribution in [2.75, 3.05) is 5.75 Å². The van der Waals surface area contributed by atoms with Crippen LogP contribution in [0, 0.1) is 0 Å². The van der Waals surface area contributed by atoms with E-state index in [4.69, 9.17) is 0 Å². The minimum Gasteiger partial charge on any atom is -0.258 e. The van der Waals surface area contributed by atoms with Gasteiger partial charge in [0, 0.05) is 11.1 Å². The van der Waals surface area contributed by atoms with Gasteiger partial charge in [-0.3, -0.25) is 10.1 Å². The SMILES string of the molecule is CCSc1cc(C(F)(F)F)cnc1-c1ncn[nH]1. The molecule has 2 aromatic heterocycles. The third-order valence-corrected chi connectivity index (χ3v) is 3.03. The fraction of sp³-hybridized carbons (Fsp3) is 0.300. The Balaban J connectivity index is 2.48. The number of pyridine rings is 1. The molecule has 1 N–H and O–H groups in total. The first kappa shape index (κ1) is 12.9. The minimum absolute atomic E-state index is 0.361. The molecule has 0 bridgehead atoms. The van der Waals surface area contributed by atoms with Gasteiger partial charge in [-0.05, 0) is 11.8 Å². The van der Waals surface area contributed by atoms with Gasteiger partial charge in [-0.25, -0.2) is 4.98 Å². The van der Waals surface area contributed by atoms with E-state index in [1.807, 2.05) is 6.92 Å². The van der Waals surface area contributed by atoms with Crippen molar-refractivity contribution in [1.82, 2.24) is 20.2 Å². The number of nitrogens with one attached hydrogen (secondary N) is 1. The minimum atomic E-state index is -4.39. The molecule has 0 aliphatic heterocycles. The van der Waals surface area contributed by atoms with Gasteiger partial charge in [0.1, 0.15) is 12.0 Å². The van der Waals surface area contributed by atoms with Gasteiger partial charge in [-0.2, -0.15) is 18.3 Å². The maximum Gasteiger partial charge on any atom is 0.417 e. The summed E-state index contributed by atoms with van der Waals surface area (Å²) in [6.45, 7) is 1.86. The third-order valence-electron chi connectivity index (χ3n) is 2.12. The van der Waals surface area contributed by atoms with Crippen LogP contribution in [0.3, 0.4) is 0 Å². The molecule has 0 aliphatic rings. The lowest BCUT2D eigenvalue weighted by Gasteiger charge is -2.10. The maximum atomic E-state index is 12.6. The predicted octanol–water partition coefficient (Wildman–Crippen LogP) is 3.00. The summed E-state index contributed by atoms with van der Waals surface area (Å²) in [4.78, 5) is 8.16. The molecule has 0 atom stereocenters. The van der Waals surface area contributed by atoms with Gasteiger partial charge in [-0.1, -0.05) is 6.92 Å². The van der Waals surface area contributed by atoms with Crippen LogP contribution in [0.25, 0.3) is 11.5 Å². The summed E-state index contributed by atoms with van der Waals surface area (Å²) >= 11 is 1.28. The molecule has 2 rings (SSSR count). The number of hydrogen-bond donors (Lipinski definition) is 1. The lowest BCUT2D eigenvalue weighted by Crippen LogP contribution is -2.06. The van der Waals surface area contributed by atoms with Crippen molar-refractivity contribution in [2.45, 2.75) is 18.0 Å². The van der Waals surface area contributed by atoms with Crippen LogP contribution in [-0.2, 0) is 6.18 Å². The monoisotopic (exact) mass is 274 g/mol. The van der Waals surface area contributed by atoms with Crippen LogP contribution in [0.2, 0.25) is 0 Å². The van der Waals surface area contributed by atoms with E-state index in [0.717, 1.165) is 12.3 Å². The molecule has 0 unspecified atom stereocenters. The van der Waals surface area contributed by atoms with Crippen molar-refractivity contribution in [1.29, 1.82) is 0 Å². The number of nitrogens with zero attached hydrogens (tertiary/aromatic N) is 3. The zero-order chi connectivity index (χ0) is 13.2. The van der Waals surface area contributed by atoms with Gasteiger partial charge in [0.25, 0.3) is 0 Å². The Morgan fingerprint density at radius 3 is 2.67 bits per heavy atom. The summed E-state index contributed by atoms with van der Waals surface area (Å²) in [6.07, 6.45) is -2.30. The molecule has 0 aromatic carbocycles. The van der Waals surface area contributed by atoms with E-state index in [1.165, 1.54) is 18.1 Å². The third kappa shape index (κ3) is 2.63. The highest BCUT2D eigenvalue weighted by Gasteiger charge is 2.32. The van der Waals surface area contributed by atoms with Gasteiger partial charge in [-0.15, -0.1) is 11.8 Å². The normalized spacial score (nSPS) is 11.8. The Labute approximate surface area is 105 Å². The van der Waals surface area contributed by atoms with E-state index in [0.29, 0.717) is 22.2 Å². The Bertz CT molecular complexity index is 524. The van der Waals surface area contributed by atoms with Crippen LogP contribution in [0.4, 0.5) is 13.2 Å². The van der Waals surface area contributed by atoms with Crippen LogP contribution >= 0.6 is 11.8 Å². The highest BCUT2D eigenvalue weighted by Crippen LogP contribution is 2.34. The maximum absolute atomic E-state index is 12.6.